The van der Waals surface area contributed by atoms with Crippen LogP contribution in [0.2, 0.25) is 0 Å². The van der Waals surface area contributed by atoms with Gasteiger partial charge in [-0.15, -0.1) is 0 Å². The lowest BCUT2D eigenvalue weighted by Crippen LogP contribution is -2.42. The van der Waals surface area contributed by atoms with Gasteiger partial charge in [0, 0.05) is 24.8 Å². The monoisotopic (exact) mass is 395 g/mol. The molecule has 0 bridgehead atoms. The molecular weight excluding hydrogens is 370 g/mol. The van der Waals surface area contributed by atoms with Gasteiger partial charge in [0.25, 0.3) is 5.69 Å². The van der Waals surface area contributed by atoms with Crippen LogP contribution in [0.4, 0.5) is 17.1 Å². The number of carboxylic acids is 1. The molecule has 1 unspecified atom stereocenters. The number of hydrogen-bond acceptors (Lipinski definition) is 8. The highest BCUT2D eigenvalue weighted by molar-refractivity contribution is 5.94. The van der Waals surface area contributed by atoms with Gasteiger partial charge in [0.1, 0.15) is 11.7 Å². The second-order valence-corrected chi connectivity index (χ2v) is 6.44. The van der Waals surface area contributed by atoms with E-state index in [1.54, 1.807) is 0 Å². The van der Waals surface area contributed by atoms with Gasteiger partial charge in [0.15, 0.2) is 0 Å². The smallest absolute Gasteiger partial charge is 0.321 e. The Hall–Kier alpha value is -2.76. The van der Waals surface area contributed by atoms with Crippen molar-refractivity contribution in [2.45, 2.75) is 18.9 Å². The first-order chi connectivity index (χ1) is 13.4. The highest BCUT2D eigenvalue weighted by Gasteiger charge is 2.21. The van der Waals surface area contributed by atoms with Crippen LogP contribution in [-0.4, -0.2) is 72.2 Å². The number of amides is 1. The number of benzene rings is 1. The van der Waals surface area contributed by atoms with Crippen LogP contribution < -0.4 is 16.4 Å². The van der Waals surface area contributed by atoms with Crippen LogP contribution >= 0.6 is 0 Å². The summed E-state index contributed by atoms with van der Waals surface area (Å²) in [5.41, 5.74) is 5.35. The van der Waals surface area contributed by atoms with Crippen LogP contribution in [0.3, 0.4) is 0 Å². The van der Waals surface area contributed by atoms with E-state index in [2.05, 4.69) is 15.5 Å². The largest absolute Gasteiger partial charge is 0.480 e. The number of nitrogens with one attached hydrogen (secondary N) is 2. The first-order valence-electron chi connectivity index (χ1n) is 8.97. The zero-order valence-electron chi connectivity index (χ0n) is 15.4. The molecule has 5 N–H and O–H groups in total. The molecule has 0 saturated carbocycles. The third kappa shape index (κ3) is 6.76. The van der Waals surface area contributed by atoms with Gasteiger partial charge in [-0.1, -0.05) is 0 Å². The first-order valence-corrected chi connectivity index (χ1v) is 8.97. The van der Waals surface area contributed by atoms with E-state index in [0.29, 0.717) is 19.8 Å². The second kappa shape index (κ2) is 10.5. The lowest BCUT2D eigenvalue weighted by molar-refractivity contribution is -0.383. The van der Waals surface area contributed by atoms with Crippen LogP contribution in [0.5, 0.6) is 0 Å². The Morgan fingerprint density at radius 1 is 1.36 bits per heavy atom. The van der Waals surface area contributed by atoms with Crippen molar-refractivity contribution in [3.8, 4) is 0 Å². The van der Waals surface area contributed by atoms with E-state index in [-0.39, 0.29) is 23.5 Å². The molecule has 2 rings (SSSR count). The van der Waals surface area contributed by atoms with Crippen molar-refractivity contribution in [3.63, 3.8) is 0 Å². The predicted molar refractivity (Wildman–Crippen MR) is 102 cm³/mol. The minimum absolute atomic E-state index is 0.0200. The Morgan fingerprint density at radius 2 is 2.07 bits per heavy atom. The fourth-order valence-corrected chi connectivity index (χ4v) is 2.83. The summed E-state index contributed by atoms with van der Waals surface area (Å²) in [6.07, 6.45) is 0.445. The van der Waals surface area contributed by atoms with Crippen LogP contribution in [0, 0.1) is 10.1 Å². The first kappa shape index (κ1) is 21.5. The molecule has 1 amide bonds. The van der Waals surface area contributed by atoms with Crippen molar-refractivity contribution < 1.29 is 24.4 Å². The van der Waals surface area contributed by atoms with Crippen molar-refractivity contribution in [2.24, 2.45) is 0 Å². The molecule has 1 aromatic carbocycles. The van der Waals surface area contributed by atoms with Gasteiger partial charge >= 0.3 is 5.97 Å². The van der Waals surface area contributed by atoms with E-state index in [1.807, 2.05) is 0 Å². The molecule has 154 valence electrons. The van der Waals surface area contributed by atoms with Crippen molar-refractivity contribution in [1.29, 1.82) is 0 Å². The quantitative estimate of drug-likeness (QED) is 0.189. The molecule has 1 heterocycles. The molecule has 1 aromatic rings. The highest BCUT2D eigenvalue weighted by Crippen LogP contribution is 2.25. The third-order valence-electron chi connectivity index (χ3n) is 4.34. The molecule has 0 spiro atoms. The molecule has 0 radical (unpaired) electrons. The van der Waals surface area contributed by atoms with Gasteiger partial charge in [-0.2, -0.15) is 0 Å². The number of nitro groups is 1. The van der Waals surface area contributed by atoms with Gasteiger partial charge in [0.2, 0.25) is 5.91 Å². The zero-order chi connectivity index (χ0) is 20.5. The minimum atomic E-state index is -1.13. The fourth-order valence-electron chi connectivity index (χ4n) is 2.83. The number of carboxylic acid groups (broad SMARTS) is 1. The number of ether oxygens (including phenoxy) is 1. The lowest BCUT2D eigenvalue weighted by atomic mass is 10.1. The molecule has 0 aromatic heterocycles. The van der Waals surface area contributed by atoms with Gasteiger partial charge < -0.3 is 26.2 Å². The number of nitrogens with zero attached hydrogens (tertiary/aromatic N) is 2. The normalized spacial score (nSPS) is 15.7. The summed E-state index contributed by atoms with van der Waals surface area (Å²) in [7, 11) is 0. The number of anilines is 2. The van der Waals surface area contributed by atoms with Crippen molar-refractivity contribution in [3.05, 3.63) is 28.3 Å². The minimum Gasteiger partial charge on any atom is -0.480 e. The van der Waals surface area contributed by atoms with Crippen molar-refractivity contribution in [2.75, 3.05) is 50.4 Å². The molecule has 11 heteroatoms. The maximum atomic E-state index is 12.1. The van der Waals surface area contributed by atoms with Gasteiger partial charge in [-0.05, 0) is 31.6 Å². The Kier molecular flexibility index (Phi) is 8.11. The summed E-state index contributed by atoms with van der Waals surface area (Å²) >= 11 is 0. The maximum Gasteiger partial charge on any atom is 0.321 e. The Labute approximate surface area is 162 Å². The summed E-state index contributed by atoms with van der Waals surface area (Å²) in [6, 6.07) is 2.82. The molecule has 0 aliphatic carbocycles. The van der Waals surface area contributed by atoms with Crippen LogP contribution in [-0.2, 0) is 14.3 Å². The summed E-state index contributed by atoms with van der Waals surface area (Å²) < 4.78 is 5.27. The average molecular weight is 395 g/mol. The Morgan fingerprint density at radius 3 is 2.71 bits per heavy atom. The Bertz CT molecular complexity index is 707. The summed E-state index contributed by atoms with van der Waals surface area (Å²) in [6.45, 7) is 4.40. The maximum absolute atomic E-state index is 12.1. The predicted octanol–water partition coefficient (Wildman–Crippen LogP) is 0.271. The number of aliphatic carboxylic acids is 1. The third-order valence-corrected chi connectivity index (χ3v) is 4.34. The molecule has 1 atom stereocenters. The molecule has 28 heavy (non-hydrogen) atoms. The summed E-state index contributed by atoms with van der Waals surface area (Å²) in [5.74, 6) is -1.70. The summed E-state index contributed by atoms with van der Waals surface area (Å²) in [4.78, 5) is 36.0. The number of carbonyl (C=O) groups is 2. The number of morpholine rings is 1. The second-order valence-electron chi connectivity index (χ2n) is 6.44. The SMILES string of the molecule is Nc1ccc(NC(=O)CC(NCCCN2CCOCC2)C(=O)O)cc1[N+](=O)[O-]. The lowest BCUT2D eigenvalue weighted by Gasteiger charge is -2.26. The molecular formula is C17H25N5O6. The van der Waals surface area contributed by atoms with E-state index in [1.165, 1.54) is 12.1 Å². The number of rotatable bonds is 10. The van der Waals surface area contributed by atoms with Crippen LogP contribution in [0.25, 0.3) is 0 Å². The van der Waals surface area contributed by atoms with Crippen LogP contribution in [0.1, 0.15) is 12.8 Å². The average Bonchev–Trinajstić information content (AvgIpc) is 2.66. The standard InChI is InChI=1S/C17H25N5O6/c18-13-3-2-12(10-15(13)22(26)27)20-16(23)11-14(17(24)25)19-4-1-5-21-6-8-28-9-7-21/h2-3,10,14,19H,1,4-9,11,18H2,(H,20,23)(H,24,25). The number of nitro benzene ring substituents is 1. The van der Waals surface area contributed by atoms with E-state index >= 15 is 0 Å². The molecule has 1 aliphatic rings. The van der Waals surface area contributed by atoms with Gasteiger partial charge in [-0.3, -0.25) is 24.6 Å². The summed E-state index contributed by atoms with van der Waals surface area (Å²) in [5, 5.41) is 25.6. The number of hydrogen-bond donors (Lipinski definition) is 4. The van der Waals surface area contributed by atoms with Gasteiger partial charge in [-0.25, -0.2) is 0 Å². The Balaban J connectivity index is 1.80. The molecule has 11 nitrogen and oxygen atoms in total. The fraction of sp³-hybridized carbons (Fsp3) is 0.529. The molecule has 1 saturated heterocycles. The zero-order valence-corrected chi connectivity index (χ0v) is 15.4. The van der Waals surface area contributed by atoms with Crippen molar-refractivity contribution >= 4 is 28.9 Å². The van der Waals surface area contributed by atoms with Gasteiger partial charge in [0.05, 0.1) is 24.6 Å². The van der Waals surface area contributed by atoms with Crippen molar-refractivity contribution in [1.82, 2.24) is 10.2 Å². The van der Waals surface area contributed by atoms with Crippen LogP contribution in [0.15, 0.2) is 18.2 Å². The molecule has 1 fully saturated rings. The molecule has 1 aliphatic heterocycles. The van der Waals surface area contributed by atoms with E-state index in [0.717, 1.165) is 32.1 Å². The number of nitrogens with two attached hydrogens (primary N) is 1. The highest BCUT2D eigenvalue weighted by atomic mass is 16.6. The van der Waals surface area contributed by atoms with E-state index < -0.39 is 22.8 Å². The van der Waals surface area contributed by atoms with E-state index in [4.69, 9.17) is 10.5 Å². The number of carbonyl (C=O) groups excluding carboxylic acids is 1. The van der Waals surface area contributed by atoms with E-state index in [9.17, 15) is 24.8 Å². The topological polar surface area (TPSA) is 160 Å². The number of nitrogen functional groups attached to an aromatic ring is 1.